The number of nitrogens with zero attached hydrogens (tertiary/aromatic N) is 1. The van der Waals surface area contributed by atoms with E-state index in [1.165, 1.54) is 21.3 Å². The lowest BCUT2D eigenvalue weighted by Gasteiger charge is -2.18. The molecule has 0 atom stereocenters. The largest absolute Gasteiger partial charge is 0.493 e. The summed E-state index contributed by atoms with van der Waals surface area (Å²) in [5, 5.41) is 1.34. The number of pyridine rings is 1. The van der Waals surface area contributed by atoms with Crippen molar-refractivity contribution in [2.24, 2.45) is 0 Å². The first-order valence-electron chi connectivity index (χ1n) is 9.43. The standard InChI is InChI=1S/C23H23NO7/c1-27-9-10-31-19-12-15-11-17(22(25)29-3)21(23(26)30-4)20(14-5-7-24-8-6-14)16(15)13-18(19)28-2/h5-8,11-13H,9-10H2,1-4H3. The van der Waals surface area contributed by atoms with E-state index in [4.69, 9.17) is 23.7 Å². The van der Waals surface area contributed by atoms with Gasteiger partial charge in [0.05, 0.1) is 39.1 Å². The molecule has 1 heterocycles. The lowest BCUT2D eigenvalue weighted by molar-refractivity contribution is 0.0556. The fourth-order valence-corrected chi connectivity index (χ4v) is 3.32. The first-order chi connectivity index (χ1) is 15.0. The Labute approximate surface area is 179 Å². The van der Waals surface area contributed by atoms with Gasteiger partial charge in [-0.25, -0.2) is 9.59 Å². The summed E-state index contributed by atoms with van der Waals surface area (Å²) in [7, 11) is 5.63. The molecular weight excluding hydrogens is 402 g/mol. The normalized spacial score (nSPS) is 10.6. The highest BCUT2D eigenvalue weighted by Crippen LogP contribution is 2.40. The number of hydrogen-bond donors (Lipinski definition) is 0. The van der Waals surface area contributed by atoms with E-state index in [0.717, 1.165) is 0 Å². The molecule has 0 saturated carbocycles. The molecule has 3 rings (SSSR count). The van der Waals surface area contributed by atoms with Gasteiger partial charge in [-0.15, -0.1) is 0 Å². The highest BCUT2D eigenvalue weighted by Gasteiger charge is 2.27. The van der Waals surface area contributed by atoms with Crippen molar-refractivity contribution in [2.75, 3.05) is 41.7 Å². The molecule has 0 aliphatic heterocycles. The van der Waals surface area contributed by atoms with Crippen molar-refractivity contribution < 1.29 is 33.3 Å². The van der Waals surface area contributed by atoms with Crippen LogP contribution in [0.1, 0.15) is 20.7 Å². The van der Waals surface area contributed by atoms with Gasteiger partial charge in [-0.3, -0.25) is 4.98 Å². The molecule has 0 unspecified atom stereocenters. The molecule has 0 fully saturated rings. The van der Waals surface area contributed by atoms with Crippen LogP contribution in [0.25, 0.3) is 21.9 Å². The van der Waals surface area contributed by atoms with Crippen LogP contribution in [-0.4, -0.2) is 58.6 Å². The predicted octanol–water partition coefficient (Wildman–Crippen LogP) is 3.51. The first-order valence-corrected chi connectivity index (χ1v) is 9.43. The Morgan fingerprint density at radius 1 is 0.871 bits per heavy atom. The minimum atomic E-state index is -0.659. The summed E-state index contributed by atoms with van der Waals surface area (Å²) in [5.74, 6) is -0.362. The van der Waals surface area contributed by atoms with Crippen LogP contribution in [0.3, 0.4) is 0 Å². The van der Waals surface area contributed by atoms with E-state index in [1.54, 1.807) is 49.8 Å². The van der Waals surface area contributed by atoms with E-state index in [9.17, 15) is 9.59 Å². The number of methoxy groups -OCH3 is 4. The zero-order valence-corrected chi connectivity index (χ0v) is 17.8. The fourth-order valence-electron chi connectivity index (χ4n) is 3.32. The van der Waals surface area contributed by atoms with Gasteiger partial charge >= 0.3 is 11.9 Å². The first kappa shape index (κ1) is 22.0. The van der Waals surface area contributed by atoms with Crippen molar-refractivity contribution in [2.45, 2.75) is 0 Å². The number of aromatic nitrogens is 1. The van der Waals surface area contributed by atoms with Crippen LogP contribution in [0.4, 0.5) is 0 Å². The minimum Gasteiger partial charge on any atom is -0.493 e. The summed E-state index contributed by atoms with van der Waals surface area (Å²) < 4.78 is 26.3. The highest BCUT2D eigenvalue weighted by atomic mass is 16.5. The third-order valence-electron chi connectivity index (χ3n) is 4.73. The van der Waals surface area contributed by atoms with E-state index in [0.29, 0.717) is 46.6 Å². The maximum Gasteiger partial charge on any atom is 0.339 e. The lowest BCUT2D eigenvalue weighted by atomic mass is 9.89. The lowest BCUT2D eigenvalue weighted by Crippen LogP contribution is -2.14. The predicted molar refractivity (Wildman–Crippen MR) is 114 cm³/mol. The fraction of sp³-hybridized carbons (Fsp3) is 0.261. The van der Waals surface area contributed by atoms with E-state index in [2.05, 4.69) is 4.98 Å². The molecular formula is C23H23NO7. The van der Waals surface area contributed by atoms with Crippen LogP contribution < -0.4 is 9.47 Å². The van der Waals surface area contributed by atoms with Crippen molar-refractivity contribution in [3.8, 4) is 22.6 Å². The Hall–Kier alpha value is -3.65. The smallest absolute Gasteiger partial charge is 0.339 e. The Morgan fingerprint density at radius 2 is 1.58 bits per heavy atom. The molecule has 2 aromatic carbocycles. The molecule has 8 heteroatoms. The van der Waals surface area contributed by atoms with Crippen LogP contribution in [0, 0.1) is 0 Å². The Kier molecular flexibility index (Phi) is 7.04. The molecule has 0 saturated heterocycles. The molecule has 0 radical (unpaired) electrons. The second-order valence-electron chi connectivity index (χ2n) is 6.46. The molecule has 0 spiro atoms. The van der Waals surface area contributed by atoms with Crippen LogP contribution >= 0.6 is 0 Å². The second-order valence-corrected chi connectivity index (χ2v) is 6.46. The molecule has 162 valence electrons. The molecule has 31 heavy (non-hydrogen) atoms. The summed E-state index contributed by atoms with van der Waals surface area (Å²) in [6, 6.07) is 8.60. The van der Waals surface area contributed by atoms with Gasteiger partial charge in [0.2, 0.25) is 0 Å². The van der Waals surface area contributed by atoms with Gasteiger partial charge in [0.25, 0.3) is 0 Å². The third-order valence-corrected chi connectivity index (χ3v) is 4.73. The maximum absolute atomic E-state index is 12.8. The minimum absolute atomic E-state index is 0.0849. The number of carbonyl (C=O) groups is 2. The van der Waals surface area contributed by atoms with Gasteiger partial charge < -0.3 is 23.7 Å². The second kappa shape index (κ2) is 9.90. The van der Waals surface area contributed by atoms with Crippen molar-refractivity contribution in [3.05, 3.63) is 53.9 Å². The van der Waals surface area contributed by atoms with Crippen LogP contribution in [-0.2, 0) is 14.2 Å². The molecule has 0 aliphatic carbocycles. The average Bonchev–Trinajstić information content (AvgIpc) is 2.82. The number of esters is 2. The molecule has 8 nitrogen and oxygen atoms in total. The molecule has 0 bridgehead atoms. The van der Waals surface area contributed by atoms with Crippen LogP contribution in [0.2, 0.25) is 0 Å². The average molecular weight is 425 g/mol. The van der Waals surface area contributed by atoms with Crippen molar-refractivity contribution >= 4 is 22.7 Å². The van der Waals surface area contributed by atoms with Gasteiger partial charge in [0, 0.05) is 25.1 Å². The third kappa shape index (κ3) is 4.44. The number of hydrogen-bond acceptors (Lipinski definition) is 8. The zero-order valence-electron chi connectivity index (χ0n) is 17.8. The number of fused-ring (bicyclic) bond motifs is 1. The van der Waals surface area contributed by atoms with Gasteiger partial charge in [-0.1, -0.05) is 0 Å². The van der Waals surface area contributed by atoms with Gasteiger partial charge in [-0.05, 0) is 46.7 Å². The molecule has 3 aromatic rings. The van der Waals surface area contributed by atoms with Crippen LogP contribution in [0.5, 0.6) is 11.5 Å². The topological polar surface area (TPSA) is 93.2 Å². The maximum atomic E-state index is 12.8. The quantitative estimate of drug-likeness (QED) is 0.400. The Bertz CT molecular complexity index is 1100. The van der Waals surface area contributed by atoms with Gasteiger partial charge in [0.1, 0.15) is 6.61 Å². The molecule has 0 aliphatic rings. The van der Waals surface area contributed by atoms with Crippen molar-refractivity contribution in [3.63, 3.8) is 0 Å². The highest BCUT2D eigenvalue weighted by molar-refractivity contribution is 6.15. The number of rotatable bonds is 8. The number of carbonyl (C=O) groups excluding carboxylic acids is 2. The number of benzene rings is 2. The van der Waals surface area contributed by atoms with E-state index >= 15 is 0 Å². The van der Waals surface area contributed by atoms with E-state index in [1.807, 2.05) is 0 Å². The Balaban J connectivity index is 2.40. The summed E-state index contributed by atoms with van der Waals surface area (Å²) >= 11 is 0. The molecule has 1 aromatic heterocycles. The summed E-state index contributed by atoms with van der Waals surface area (Å²) in [4.78, 5) is 29.4. The monoisotopic (exact) mass is 425 g/mol. The Morgan fingerprint density at radius 3 is 2.19 bits per heavy atom. The molecule has 0 amide bonds. The van der Waals surface area contributed by atoms with Crippen molar-refractivity contribution in [1.29, 1.82) is 0 Å². The molecule has 0 N–H and O–H groups in total. The van der Waals surface area contributed by atoms with Crippen LogP contribution in [0.15, 0.2) is 42.7 Å². The zero-order chi connectivity index (χ0) is 22.4. The number of ether oxygens (including phenoxy) is 5. The summed E-state index contributed by atoms with van der Waals surface area (Å²) in [6.07, 6.45) is 3.21. The summed E-state index contributed by atoms with van der Waals surface area (Å²) in [6.45, 7) is 0.720. The van der Waals surface area contributed by atoms with E-state index < -0.39 is 11.9 Å². The van der Waals surface area contributed by atoms with Crippen molar-refractivity contribution in [1.82, 2.24) is 4.98 Å². The summed E-state index contributed by atoms with van der Waals surface area (Å²) in [5.41, 5.74) is 1.37. The van der Waals surface area contributed by atoms with Gasteiger partial charge in [0.15, 0.2) is 11.5 Å². The van der Waals surface area contributed by atoms with Gasteiger partial charge in [-0.2, -0.15) is 0 Å². The van der Waals surface area contributed by atoms with E-state index in [-0.39, 0.29) is 11.1 Å². The SMILES string of the molecule is COCCOc1cc2cc(C(=O)OC)c(C(=O)OC)c(-c3ccncc3)c2cc1OC.